The van der Waals surface area contributed by atoms with E-state index in [4.69, 9.17) is 10.5 Å². The molecule has 6 heteroatoms. The first-order chi connectivity index (χ1) is 9.44. The monoisotopic (exact) mass is 278 g/mol. The van der Waals surface area contributed by atoms with E-state index in [1.54, 1.807) is 18.2 Å². The summed E-state index contributed by atoms with van der Waals surface area (Å²) in [6.07, 6.45) is 1.44. The van der Waals surface area contributed by atoms with E-state index in [0.29, 0.717) is 11.4 Å². The molecule has 0 spiro atoms. The highest BCUT2D eigenvalue weighted by Crippen LogP contribution is 2.34. The molecule has 108 valence electrons. The Balaban J connectivity index is 1.98. The lowest BCUT2D eigenvalue weighted by atomic mass is 10.1. The third-order valence-corrected chi connectivity index (χ3v) is 3.27. The maximum absolute atomic E-state index is 11.9. The number of amides is 1. The molecule has 1 amide bonds. The van der Waals surface area contributed by atoms with E-state index < -0.39 is 11.5 Å². The predicted molar refractivity (Wildman–Crippen MR) is 73.5 cm³/mol. The molecule has 0 saturated heterocycles. The number of ether oxygens (including phenoxy) is 2. The molecule has 1 aliphatic carbocycles. The van der Waals surface area contributed by atoms with Crippen LogP contribution in [0.4, 0.5) is 5.69 Å². The normalized spacial score (nSPS) is 15.3. The minimum absolute atomic E-state index is 0.145. The number of hydrogen-bond donors (Lipinski definition) is 2. The summed E-state index contributed by atoms with van der Waals surface area (Å²) in [4.78, 5) is 22.8. The van der Waals surface area contributed by atoms with Crippen molar-refractivity contribution >= 4 is 17.6 Å². The number of rotatable bonds is 5. The molecule has 0 atom stereocenters. The van der Waals surface area contributed by atoms with Crippen LogP contribution in [0.15, 0.2) is 18.2 Å². The van der Waals surface area contributed by atoms with E-state index in [2.05, 4.69) is 10.1 Å². The Morgan fingerprint density at radius 2 is 2.10 bits per heavy atom. The molecule has 20 heavy (non-hydrogen) atoms. The Hall–Kier alpha value is -2.08. The fourth-order valence-electron chi connectivity index (χ4n) is 1.68. The Labute approximate surface area is 117 Å². The number of aryl methyl sites for hydroxylation is 1. The van der Waals surface area contributed by atoms with Gasteiger partial charge in [-0.1, -0.05) is 0 Å². The maximum Gasteiger partial charge on any atom is 0.343 e. The number of nitrogens with one attached hydrogen (secondary N) is 1. The first kappa shape index (κ1) is 14.3. The molecule has 1 aromatic carbocycles. The van der Waals surface area contributed by atoms with Crippen LogP contribution in [0.25, 0.3) is 0 Å². The molecule has 0 bridgehead atoms. The van der Waals surface area contributed by atoms with Crippen molar-refractivity contribution in [2.75, 3.05) is 19.0 Å². The summed E-state index contributed by atoms with van der Waals surface area (Å²) >= 11 is 0. The van der Waals surface area contributed by atoms with Crippen molar-refractivity contribution in [2.24, 2.45) is 5.73 Å². The number of anilines is 1. The Bertz CT molecular complexity index is 538. The van der Waals surface area contributed by atoms with Crippen LogP contribution in [0.5, 0.6) is 5.75 Å². The van der Waals surface area contributed by atoms with Gasteiger partial charge in [-0.05, 0) is 43.5 Å². The van der Waals surface area contributed by atoms with Gasteiger partial charge in [0, 0.05) is 5.69 Å². The number of benzene rings is 1. The fraction of sp³-hybridized carbons (Fsp3) is 0.429. The van der Waals surface area contributed by atoms with E-state index in [1.165, 1.54) is 7.11 Å². The van der Waals surface area contributed by atoms with Gasteiger partial charge >= 0.3 is 5.97 Å². The second kappa shape index (κ2) is 5.50. The smallest absolute Gasteiger partial charge is 0.343 e. The van der Waals surface area contributed by atoms with Crippen molar-refractivity contribution in [1.82, 2.24) is 0 Å². The van der Waals surface area contributed by atoms with Gasteiger partial charge < -0.3 is 20.5 Å². The van der Waals surface area contributed by atoms with Gasteiger partial charge in [0.2, 0.25) is 5.91 Å². The van der Waals surface area contributed by atoms with Gasteiger partial charge in [-0.25, -0.2) is 4.79 Å². The summed E-state index contributed by atoms with van der Waals surface area (Å²) in [7, 11) is 1.30. The van der Waals surface area contributed by atoms with E-state index in [1.807, 2.05) is 6.92 Å². The molecule has 6 nitrogen and oxygen atoms in total. The molecule has 0 aromatic heterocycles. The van der Waals surface area contributed by atoms with Crippen molar-refractivity contribution in [3.05, 3.63) is 23.8 Å². The lowest BCUT2D eigenvalue weighted by Crippen LogP contribution is -2.37. The average Bonchev–Trinajstić information content (AvgIpc) is 3.18. The molecule has 0 unspecified atom stereocenters. The van der Waals surface area contributed by atoms with Crippen molar-refractivity contribution in [3.8, 4) is 5.75 Å². The number of hydrogen-bond acceptors (Lipinski definition) is 5. The second-order valence-corrected chi connectivity index (χ2v) is 4.95. The Kier molecular flexibility index (Phi) is 3.94. The molecule has 0 aliphatic heterocycles. The Morgan fingerprint density at radius 3 is 2.65 bits per heavy atom. The minimum Gasteiger partial charge on any atom is -0.482 e. The van der Waals surface area contributed by atoms with Crippen LogP contribution in [-0.4, -0.2) is 31.1 Å². The van der Waals surface area contributed by atoms with Crippen LogP contribution in [0.2, 0.25) is 0 Å². The zero-order valence-electron chi connectivity index (χ0n) is 11.6. The van der Waals surface area contributed by atoms with Crippen molar-refractivity contribution in [1.29, 1.82) is 0 Å². The van der Waals surface area contributed by atoms with E-state index in [0.717, 1.165) is 18.4 Å². The summed E-state index contributed by atoms with van der Waals surface area (Å²) < 4.78 is 9.76. The van der Waals surface area contributed by atoms with Crippen LogP contribution in [-0.2, 0) is 14.3 Å². The van der Waals surface area contributed by atoms with Gasteiger partial charge in [0.25, 0.3) is 0 Å². The Morgan fingerprint density at radius 1 is 1.40 bits per heavy atom. The zero-order chi connectivity index (χ0) is 14.8. The SMILES string of the molecule is COC(=O)COc1ccc(NC(=O)C2(N)CC2)c(C)c1. The number of carbonyl (C=O) groups excluding carboxylic acids is 2. The molecule has 1 saturated carbocycles. The predicted octanol–water partition coefficient (Wildman–Crippen LogP) is 0.977. The first-order valence-electron chi connectivity index (χ1n) is 6.35. The summed E-state index contributed by atoms with van der Waals surface area (Å²) in [5, 5.41) is 2.80. The van der Waals surface area contributed by atoms with Crippen molar-refractivity contribution < 1.29 is 19.1 Å². The standard InChI is InChI=1S/C14H18N2O4/c1-9-7-10(20-8-12(17)19-2)3-4-11(9)16-13(18)14(15)5-6-14/h3-4,7H,5-6,8,15H2,1-2H3,(H,16,18). The van der Waals surface area contributed by atoms with Crippen LogP contribution < -0.4 is 15.8 Å². The van der Waals surface area contributed by atoms with Gasteiger partial charge in [-0.15, -0.1) is 0 Å². The molecule has 1 aromatic rings. The van der Waals surface area contributed by atoms with Gasteiger partial charge in [-0.3, -0.25) is 4.79 Å². The number of methoxy groups -OCH3 is 1. The van der Waals surface area contributed by atoms with Gasteiger partial charge in [-0.2, -0.15) is 0 Å². The van der Waals surface area contributed by atoms with Gasteiger partial charge in [0.15, 0.2) is 6.61 Å². The third-order valence-electron chi connectivity index (χ3n) is 3.27. The number of nitrogens with two attached hydrogens (primary N) is 1. The van der Waals surface area contributed by atoms with Crippen LogP contribution in [0.1, 0.15) is 18.4 Å². The summed E-state index contributed by atoms with van der Waals surface area (Å²) in [5.41, 5.74) is 6.65. The van der Waals surface area contributed by atoms with Crippen molar-refractivity contribution in [3.63, 3.8) is 0 Å². The quantitative estimate of drug-likeness (QED) is 0.783. The molecule has 3 N–H and O–H groups in total. The third kappa shape index (κ3) is 3.27. The fourth-order valence-corrected chi connectivity index (χ4v) is 1.68. The largest absolute Gasteiger partial charge is 0.482 e. The van der Waals surface area contributed by atoms with Crippen LogP contribution in [0.3, 0.4) is 0 Å². The van der Waals surface area contributed by atoms with Crippen LogP contribution >= 0.6 is 0 Å². The van der Waals surface area contributed by atoms with Crippen molar-refractivity contribution in [2.45, 2.75) is 25.3 Å². The molecular formula is C14H18N2O4. The second-order valence-electron chi connectivity index (χ2n) is 4.95. The molecule has 0 radical (unpaired) electrons. The first-order valence-corrected chi connectivity index (χ1v) is 6.35. The topological polar surface area (TPSA) is 90.6 Å². The number of esters is 1. The highest BCUT2D eigenvalue weighted by molar-refractivity contribution is 6.00. The maximum atomic E-state index is 11.9. The average molecular weight is 278 g/mol. The summed E-state index contributed by atoms with van der Waals surface area (Å²) in [6, 6.07) is 5.15. The number of carbonyl (C=O) groups is 2. The molecule has 1 aliphatic rings. The molecular weight excluding hydrogens is 260 g/mol. The lowest BCUT2D eigenvalue weighted by Gasteiger charge is -2.13. The molecule has 1 fully saturated rings. The minimum atomic E-state index is -0.702. The van der Waals surface area contributed by atoms with Gasteiger partial charge in [0.05, 0.1) is 12.6 Å². The highest BCUT2D eigenvalue weighted by atomic mass is 16.6. The van der Waals surface area contributed by atoms with E-state index in [9.17, 15) is 9.59 Å². The molecule has 2 rings (SSSR count). The molecule has 0 heterocycles. The van der Waals surface area contributed by atoms with Gasteiger partial charge in [0.1, 0.15) is 5.75 Å². The zero-order valence-corrected chi connectivity index (χ0v) is 11.6. The summed E-state index contributed by atoms with van der Waals surface area (Å²) in [5.74, 6) is -0.0672. The lowest BCUT2D eigenvalue weighted by molar-refractivity contribution is -0.142. The van der Waals surface area contributed by atoms with E-state index in [-0.39, 0.29) is 12.5 Å². The van der Waals surface area contributed by atoms with E-state index >= 15 is 0 Å². The summed E-state index contributed by atoms with van der Waals surface area (Å²) in [6.45, 7) is 1.70. The highest BCUT2D eigenvalue weighted by Gasteiger charge is 2.46. The van der Waals surface area contributed by atoms with Crippen LogP contribution in [0, 0.1) is 6.92 Å².